The van der Waals surface area contributed by atoms with Gasteiger partial charge in [0.1, 0.15) is 5.76 Å². The third-order valence-corrected chi connectivity index (χ3v) is 4.42. The molecule has 3 heteroatoms. The maximum atomic E-state index is 5.76. The third-order valence-electron chi connectivity index (χ3n) is 4.42. The van der Waals surface area contributed by atoms with Gasteiger partial charge in [-0.25, -0.2) is 0 Å². The quantitative estimate of drug-likeness (QED) is 0.888. The van der Waals surface area contributed by atoms with Gasteiger partial charge in [0.2, 0.25) is 0 Å². The molecule has 0 bridgehead atoms. The van der Waals surface area contributed by atoms with Crippen LogP contribution in [0, 0.1) is 12.8 Å². The molecule has 3 rings (SSSR count). The van der Waals surface area contributed by atoms with Crippen molar-refractivity contribution < 1.29 is 4.42 Å². The van der Waals surface area contributed by atoms with E-state index >= 15 is 0 Å². The van der Waals surface area contributed by atoms with Crippen LogP contribution in [0.3, 0.4) is 0 Å². The third kappa shape index (κ3) is 2.47. The molecule has 1 saturated carbocycles. The molecule has 1 N–H and O–H groups in total. The molecule has 100 valence electrons. The van der Waals surface area contributed by atoms with Gasteiger partial charge in [-0.2, -0.15) is 0 Å². The Bertz CT molecular complexity index is 397. The highest BCUT2D eigenvalue weighted by atomic mass is 16.3. The minimum atomic E-state index is 0.458. The van der Waals surface area contributed by atoms with Gasteiger partial charge in [0.15, 0.2) is 0 Å². The number of furan rings is 1. The van der Waals surface area contributed by atoms with Crippen molar-refractivity contribution in [1.29, 1.82) is 0 Å². The Morgan fingerprint density at radius 1 is 1.39 bits per heavy atom. The molecule has 18 heavy (non-hydrogen) atoms. The number of piperidine rings is 1. The van der Waals surface area contributed by atoms with Crippen LogP contribution in [0.2, 0.25) is 0 Å². The molecule has 2 fully saturated rings. The van der Waals surface area contributed by atoms with Crippen LogP contribution >= 0.6 is 0 Å². The number of hydrogen-bond acceptors (Lipinski definition) is 3. The van der Waals surface area contributed by atoms with E-state index in [0.717, 1.165) is 12.6 Å². The molecule has 0 aromatic carbocycles. The largest absolute Gasteiger partial charge is 0.467 e. The van der Waals surface area contributed by atoms with Crippen molar-refractivity contribution in [3.8, 4) is 0 Å². The highest BCUT2D eigenvalue weighted by molar-refractivity contribution is 5.20. The molecule has 0 radical (unpaired) electrons. The van der Waals surface area contributed by atoms with Gasteiger partial charge in [0, 0.05) is 12.6 Å². The second kappa shape index (κ2) is 5.06. The lowest BCUT2D eigenvalue weighted by Gasteiger charge is -2.38. The van der Waals surface area contributed by atoms with E-state index in [9.17, 15) is 0 Å². The first-order valence-corrected chi connectivity index (χ1v) is 7.23. The fourth-order valence-electron chi connectivity index (χ4n) is 3.18. The SMILES string of the molecule is Cc1ccoc1C1C(CNC2CC2)CCCN1C. The summed E-state index contributed by atoms with van der Waals surface area (Å²) < 4.78 is 5.76. The zero-order valence-electron chi connectivity index (χ0n) is 11.5. The van der Waals surface area contributed by atoms with Gasteiger partial charge in [-0.3, -0.25) is 4.90 Å². The van der Waals surface area contributed by atoms with Gasteiger partial charge < -0.3 is 9.73 Å². The second-order valence-corrected chi connectivity index (χ2v) is 5.98. The lowest BCUT2D eigenvalue weighted by molar-refractivity contribution is 0.100. The average Bonchev–Trinajstić information content (AvgIpc) is 3.09. The van der Waals surface area contributed by atoms with E-state index in [1.807, 2.05) is 6.26 Å². The zero-order chi connectivity index (χ0) is 12.5. The van der Waals surface area contributed by atoms with Crippen molar-refractivity contribution in [2.24, 2.45) is 5.92 Å². The van der Waals surface area contributed by atoms with Gasteiger partial charge in [0.05, 0.1) is 12.3 Å². The first kappa shape index (κ1) is 12.2. The monoisotopic (exact) mass is 248 g/mol. The molecule has 2 aliphatic rings. The van der Waals surface area contributed by atoms with Crippen LogP contribution in [-0.4, -0.2) is 31.1 Å². The van der Waals surface area contributed by atoms with Crippen LogP contribution in [0.25, 0.3) is 0 Å². The maximum absolute atomic E-state index is 5.76. The van der Waals surface area contributed by atoms with Crippen molar-refractivity contribution in [2.45, 2.75) is 44.7 Å². The van der Waals surface area contributed by atoms with E-state index in [-0.39, 0.29) is 0 Å². The van der Waals surface area contributed by atoms with Crippen molar-refractivity contribution >= 4 is 0 Å². The molecular formula is C15H24N2O. The fourth-order valence-corrected chi connectivity index (χ4v) is 3.18. The molecule has 2 atom stereocenters. The molecule has 0 spiro atoms. The standard InChI is InChI=1S/C15H24N2O/c1-11-7-9-18-15(11)14-12(4-3-8-17(14)2)10-16-13-5-6-13/h7,9,12-14,16H,3-6,8,10H2,1-2H3. The van der Waals surface area contributed by atoms with Crippen LogP contribution in [0.15, 0.2) is 16.7 Å². The summed E-state index contributed by atoms with van der Waals surface area (Å²) in [7, 11) is 2.23. The Balaban J connectivity index is 1.74. The van der Waals surface area contributed by atoms with Gasteiger partial charge in [-0.15, -0.1) is 0 Å². The first-order chi connectivity index (χ1) is 8.75. The van der Waals surface area contributed by atoms with Crippen molar-refractivity contribution in [3.63, 3.8) is 0 Å². The van der Waals surface area contributed by atoms with Crippen molar-refractivity contribution in [1.82, 2.24) is 10.2 Å². The molecule has 1 aromatic heterocycles. The Labute approximate surface area is 110 Å². The average molecular weight is 248 g/mol. The molecule has 1 aromatic rings. The minimum Gasteiger partial charge on any atom is -0.467 e. The van der Waals surface area contributed by atoms with E-state index in [2.05, 4.69) is 30.3 Å². The van der Waals surface area contributed by atoms with Gasteiger partial charge >= 0.3 is 0 Å². The van der Waals surface area contributed by atoms with E-state index in [4.69, 9.17) is 4.42 Å². The summed E-state index contributed by atoms with van der Waals surface area (Å²) in [5.41, 5.74) is 1.30. The predicted molar refractivity (Wildman–Crippen MR) is 72.6 cm³/mol. The molecular weight excluding hydrogens is 224 g/mol. The molecule has 0 amide bonds. The lowest BCUT2D eigenvalue weighted by atomic mass is 9.86. The van der Waals surface area contributed by atoms with Crippen molar-refractivity contribution in [3.05, 3.63) is 23.7 Å². The Morgan fingerprint density at radius 2 is 2.22 bits per heavy atom. The summed E-state index contributed by atoms with van der Waals surface area (Å²) in [6, 6.07) is 3.35. The summed E-state index contributed by atoms with van der Waals surface area (Å²) in [4.78, 5) is 2.47. The minimum absolute atomic E-state index is 0.458. The number of likely N-dealkylation sites (tertiary alicyclic amines) is 1. The highest BCUT2D eigenvalue weighted by Gasteiger charge is 2.34. The normalized spacial score (nSPS) is 29.7. The number of aryl methyl sites for hydroxylation is 1. The van der Waals surface area contributed by atoms with Gasteiger partial charge in [-0.1, -0.05) is 0 Å². The van der Waals surface area contributed by atoms with Gasteiger partial charge in [0.25, 0.3) is 0 Å². The molecule has 1 aliphatic heterocycles. The summed E-state index contributed by atoms with van der Waals surface area (Å²) in [5.74, 6) is 1.87. The summed E-state index contributed by atoms with van der Waals surface area (Å²) >= 11 is 0. The predicted octanol–water partition coefficient (Wildman–Crippen LogP) is 2.72. The van der Waals surface area contributed by atoms with Crippen LogP contribution in [0.1, 0.15) is 43.0 Å². The molecule has 1 saturated heterocycles. The van der Waals surface area contributed by atoms with Crippen LogP contribution < -0.4 is 5.32 Å². The Hall–Kier alpha value is -0.800. The number of nitrogens with zero attached hydrogens (tertiary/aromatic N) is 1. The van der Waals surface area contributed by atoms with E-state index in [0.29, 0.717) is 12.0 Å². The van der Waals surface area contributed by atoms with E-state index in [1.165, 1.54) is 43.6 Å². The number of hydrogen-bond donors (Lipinski definition) is 1. The van der Waals surface area contributed by atoms with Crippen LogP contribution in [0.5, 0.6) is 0 Å². The first-order valence-electron chi connectivity index (χ1n) is 7.23. The summed E-state index contributed by atoms with van der Waals surface area (Å²) in [6.45, 7) is 4.48. The topological polar surface area (TPSA) is 28.4 Å². The Morgan fingerprint density at radius 3 is 2.89 bits per heavy atom. The summed E-state index contributed by atoms with van der Waals surface area (Å²) in [5, 5.41) is 3.69. The van der Waals surface area contributed by atoms with Gasteiger partial charge in [-0.05, 0) is 63.7 Å². The molecule has 3 nitrogen and oxygen atoms in total. The molecule has 2 unspecified atom stereocenters. The zero-order valence-corrected chi connectivity index (χ0v) is 11.5. The fraction of sp³-hybridized carbons (Fsp3) is 0.733. The van der Waals surface area contributed by atoms with E-state index < -0.39 is 0 Å². The smallest absolute Gasteiger partial charge is 0.124 e. The molecule has 1 aliphatic carbocycles. The molecule has 2 heterocycles. The lowest BCUT2D eigenvalue weighted by Crippen LogP contribution is -2.41. The van der Waals surface area contributed by atoms with E-state index in [1.54, 1.807) is 0 Å². The highest BCUT2D eigenvalue weighted by Crippen LogP contribution is 2.37. The van der Waals surface area contributed by atoms with Crippen LogP contribution in [0.4, 0.5) is 0 Å². The number of nitrogens with one attached hydrogen (secondary N) is 1. The Kier molecular flexibility index (Phi) is 3.44. The summed E-state index contributed by atoms with van der Waals surface area (Å²) in [6.07, 6.45) is 7.19. The second-order valence-electron chi connectivity index (χ2n) is 5.98. The van der Waals surface area contributed by atoms with Crippen LogP contribution in [-0.2, 0) is 0 Å². The number of rotatable bonds is 4. The van der Waals surface area contributed by atoms with Crippen molar-refractivity contribution in [2.75, 3.05) is 20.1 Å². The maximum Gasteiger partial charge on any atom is 0.124 e.